The fourth-order valence-electron chi connectivity index (χ4n) is 2.45. The molecule has 0 bridgehead atoms. The van der Waals surface area contributed by atoms with Crippen LogP contribution >= 0.6 is 11.6 Å². The topological polar surface area (TPSA) is 57.6 Å². The van der Waals surface area contributed by atoms with Crippen LogP contribution in [0.2, 0.25) is 5.02 Å². The van der Waals surface area contributed by atoms with Gasteiger partial charge in [0.2, 0.25) is 10.0 Å². The van der Waals surface area contributed by atoms with Crippen LogP contribution in [-0.2, 0) is 16.6 Å². The van der Waals surface area contributed by atoms with Crippen molar-refractivity contribution in [2.75, 3.05) is 6.54 Å². The third kappa shape index (κ3) is 2.83. The molecule has 1 aliphatic heterocycles. The van der Waals surface area contributed by atoms with Crippen molar-refractivity contribution in [3.8, 4) is 0 Å². The lowest BCUT2D eigenvalue weighted by atomic mass is 10.1. The molecule has 20 heavy (non-hydrogen) atoms. The van der Waals surface area contributed by atoms with Gasteiger partial charge in [0, 0.05) is 18.2 Å². The smallest absolute Gasteiger partial charge is 0.243 e. The number of benzene rings is 1. The van der Waals surface area contributed by atoms with E-state index in [0.29, 0.717) is 6.54 Å². The summed E-state index contributed by atoms with van der Waals surface area (Å²) in [6.07, 6.45) is 2.58. The monoisotopic (exact) mass is 321 g/mol. The average Bonchev–Trinajstić information content (AvgIpc) is 2.41. The van der Waals surface area contributed by atoms with E-state index in [1.807, 2.05) is 6.92 Å². The lowest BCUT2D eigenvalue weighted by Crippen LogP contribution is -2.42. The second-order valence-corrected chi connectivity index (χ2v) is 7.27. The van der Waals surface area contributed by atoms with Gasteiger partial charge in [-0.25, -0.2) is 12.8 Å². The van der Waals surface area contributed by atoms with Gasteiger partial charge in [0.25, 0.3) is 0 Å². The first-order chi connectivity index (χ1) is 9.37. The van der Waals surface area contributed by atoms with Gasteiger partial charge in [0.05, 0.1) is 16.5 Å². The van der Waals surface area contributed by atoms with Crippen LogP contribution in [0.15, 0.2) is 17.0 Å². The quantitative estimate of drug-likeness (QED) is 0.930. The highest BCUT2D eigenvalue weighted by atomic mass is 35.5. The summed E-state index contributed by atoms with van der Waals surface area (Å²) in [4.78, 5) is -0.155. The maximum Gasteiger partial charge on any atom is 0.243 e. The second kappa shape index (κ2) is 5.97. The molecule has 1 unspecified atom stereocenters. The van der Waals surface area contributed by atoms with Gasteiger partial charge < -0.3 is 5.11 Å². The summed E-state index contributed by atoms with van der Waals surface area (Å²) >= 11 is 5.69. The molecule has 0 aromatic heterocycles. The summed E-state index contributed by atoms with van der Waals surface area (Å²) in [7, 11) is -3.76. The molecule has 1 saturated heterocycles. The standard InChI is InChI=1S/C13H17ClFNO3S/c1-9-4-2-3-5-16(9)20(18,19)11-6-10(8-17)13(14)12(15)7-11/h6-7,9,17H,2-5,8H2,1H3. The first kappa shape index (κ1) is 15.7. The molecular weight excluding hydrogens is 305 g/mol. The Bertz CT molecular complexity index is 606. The minimum atomic E-state index is -3.76. The first-order valence-corrected chi connectivity index (χ1v) is 8.30. The summed E-state index contributed by atoms with van der Waals surface area (Å²) in [5.74, 6) is -0.832. The number of hydrogen-bond donors (Lipinski definition) is 1. The maximum absolute atomic E-state index is 13.7. The van der Waals surface area contributed by atoms with Gasteiger partial charge in [0.1, 0.15) is 5.82 Å². The van der Waals surface area contributed by atoms with E-state index in [1.165, 1.54) is 10.4 Å². The Morgan fingerprint density at radius 3 is 2.75 bits per heavy atom. The average molecular weight is 322 g/mol. The molecule has 1 N–H and O–H groups in total. The number of aliphatic hydroxyl groups excluding tert-OH is 1. The van der Waals surface area contributed by atoms with E-state index in [0.717, 1.165) is 25.3 Å². The number of sulfonamides is 1. The fraction of sp³-hybridized carbons (Fsp3) is 0.538. The molecular formula is C13H17ClFNO3S. The highest BCUT2D eigenvalue weighted by Gasteiger charge is 2.31. The molecule has 0 spiro atoms. The molecule has 4 nitrogen and oxygen atoms in total. The van der Waals surface area contributed by atoms with Crippen molar-refractivity contribution in [3.05, 3.63) is 28.5 Å². The normalized spacial score (nSPS) is 21.1. The van der Waals surface area contributed by atoms with Gasteiger partial charge in [-0.15, -0.1) is 0 Å². The Labute approximate surface area is 123 Å². The molecule has 1 fully saturated rings. The molecule has 1 aliphatic rings. The maximum atomic E-state index is 13.7. The van der Waals surface area contributed by atoms with E-state index >= 15 is 0 Å². The minimum absolute atomic E-state index is 0.0786. The summed E-state index contributed by atoms with van der Waals surface area (Å²) in [5.41, 5.74) is 0.0786. The van der Waals surface area contributed by atoms with Gasteiger partial charge in [-0.2, -0.15) is 4.31 Å². The molecule has 0 radical (unpaired) electrons. The minimum Gasteiger partial charge on any atom is -0.392 e. The van der Waals surface area contributed by atoms with Gasteiger partial charge in [0.15, 0.2) is 0 Å². The molecule has 0 amide bonds. The van der Waals surface area contributed by atoms with Crippen molar-refractivity contribution in [2.45, 2.75) is 43.7 Å². The summed E-state index contributed by atoms with van der Waals surface area (Å²) in [5, 5.41) is 8.90. The van der Waals surface area contributed by atoms with E-state index in [4.69, 9.17) is 16.7 Å². The fourth-order valence-corrected chi connectivity index (χ4v) is 4.38. The van der Waals surface area contributed by atoms with Crippen LogP contribution in [0.25, 0.3) is 0 Å². The molecule has 2 rings (SSSR count). The van der Waals surface area contributed by atoms with Crippen molar-refractivity contribution < 1.29 is 17.9 Å². The van der Waals surface area contributed by atoms with Crippen LogP contribution in [0.4, 0.5) is 4.39 Å². The Morgan fingerprint density at radius 2 is 2.15 bits per heavy atom. The highest BCUT2D eigenvalue weighted by molar-refractivity contribution is 7.89. The molecule has 0 saturated carbocycles. The van der Waals surface area contributed by atoms with Crippen molar-refractivity contribution in [1.29, 1.82) is 0 Å². The predicted octanol–water partition coefficient (Wildman–Crippen LogP) is 2.53. The van der Waals surface area contributed by atoms with E-state index in [1.54, 1.807) is 0 Å². The van der Waals surface area contributed by atoms with Crippen molar-refractivity contribution >= 4 is 21.6 Å². The number of halogens is 2. The zero-order valence-electron chi connectivity index (χ0n) is 11.1. The first-order valence-electron chi connectivity index (χ1n) is 6.48. The van der Waals surface area contributed by atoms with Gasteiger partial charge in [-0.3, -0.25) is 0 Å². The van der Waals surface area contributed by atoms with Crippen LogP contribution in [0.1, 0.15) is 31.7 Å². The van der Waals surface area contributed by atoms with Crippen LogP contribution in [0, 0.1) is 5.82 Å². The van der Waals surface area contributed by atoms with E-state index in [9.17, 15) is 12.8 Å². The Balaban J connectivity index is 2.46. The lowest BCUT2D eigenvalue weighted by molar-refractivity contribution is 0.268. The van der Waals surface area contributed by atoms with E-state index in [2.05, 4.69) is 0 Å². The number of nitrogens with zero attached hydrogens (tertiary/aromatic N) is 1. The zero-order valence-corrected chi connectivity index (χ0v) is 12.7. The Hall–Kier alpha value is -0.690. The number of hydrogen-bond acceptors (Lipinski definition) is 3. The third-order valence-corrected chi connectivity index (χ3v) is 6.01. The van der Waals surface area contributed by atoms with Crippen molar-refractivity contribution in [2.24, 2.45) is 0 Å². The van der Waals surface area contributed by atoms with E-state index in [-0.39, 0.29) is 21.5 Å². The molecule has 1 atom stereocenters. The second-order valence-electron chi connectivity index (χ2n) is 5.00. The summed E-state index contributed by atoms with van der Waals surface area (Å²) in [6, 6.07) is 2.05. The van der Waals surface area contributed by atoms with E-state index < -0.39 is 22.4 Å². The Morgan fingerprint density at radius 1 is 1.45 bits per heavy atom. The SMILES string of the molecule is CC1CCCCN1S(=O)(=O)c1cc(F)c(Cl)c(CO)c1. The largest absolute Gasteiger partial charge is 0.392 e. The van der Waals surface area contributed by atoms with Crippen LogP contribution in [-0.4, -0.2) is 30.4 Å². The van der Waals surface area contributed by atoms with Gasteiger partial charge in [-0.1, -0.05) is 18.0 Å². The summed E-state index contributed by atoms with van der Waals surface area (Å²) in [6.45, 7) is 1.77. The van der Waals surface area contributed by atoms with Crippen molar-refractivity contribution in [1.82, 2.24) is 4.31 Å². The number of piperidine rings is 1. The molecule has 112 valence electrons. The van der Waals surface area contributed by atoms with Crippen LogP contribution in [0.3, 0.4) is 0 Å². The van der Waals surface area contributed by atoms with Gasteiger partial charge >= 0.3 is 0 Å². The Kier molecular flexibility index (Phi) is 4.69. The highest BCUT2D eigenvalue weighted by Crippen LogP contribution is 2.29. The van der Waals surface area contributed by atoms with Crippen molar-refractivity contribution in [3.63, 3.8) is 0 Å². The molecule has 1 aromatic rings. The molecule has 0 aliphatic carbocycles. The molecule has 1 heterocycles. The number of rotatable bonds is 3. The lowest BCUT2D eigenvalue weighted by Gasteiger charge is -2.32. The molecule has 1 aromatic carbocycles. The molecule has 7 heteroatoms. The van der Waals surface area contributed by atoms with Crippen LogP contribution < -0.4 is 0 Å². The number of aliphatic hydroxyl groups is 1. The predicted molar refractivity (Wildman–Crippen MR) is 74.5 cm³/mol. The third-order valence-electron chi connectivity index (χ3n) is 3.60. The summed E-state index contributed by atoms with van der Waals surface area (Å²) < 4.78 is 40.2. The zero-order chi connectivity index (χ0) is 14.9. The van der Waals surface area contributed by atoms with Crippen LogP contribution in [0.5, 0.6) is 0 Å². The van der Waals surface area contributed by atoms with Gasteiger partial charge in [-0.05, 0) is 31.9 Å².